The number of hydrogen-bond acceptors (Lipinski definition) is 3. The molecule has 0 atom stereocenters. The first-order valence-electron chi connectivity index (χ1n) is 16.8. The van der Waals surface area contributed by atoms with E-state index in [0.717, 1.165) is 33.8 Å². The fourth-order valence-corrected chi connectivity index (χ4v) is 8.27. The Morgan fingerprint density at radius 3 is 1.56 bits per heavy atom. The van der Waals surface area contributed by atoms with Crippen molar-refractivity contribution in [2.45, 2.75) is 0 Å². The van der Waals surface area contributed by atoms with Crippen LogP contribution in [0.2, 0.25) is 0 Å². The van der Waals surface area contributed by atoms with Crippen LogP contribution in [-0.4, -0.2) is 14.5 Å². The van der Waals surface area contributed by atoms with Crippen molar-refractivity contribution in [1.29, 1.82) is 0 Å². The highest BCUT2D eigenvalue weighted by Crippen LogP contribution is 2.37. The molecule has 0 aliphatic heterocycles. The second kappa shape index (κ2) is 11.7. The lowest BCUT2D eigenvalue weighted by molar-refractivity contribution is 1.17. The lowest BCUT2D eigenvalue weighted by Gasteiger charge is -2.12. The maximum atomic E-state index is 5.09. The number of aromatic nitrogens is 3. The first-order chi connectivity index (χ1) is 24.8. The SMILES string of the molecule is c1ccc(-c2nc(-c3ccc(-c4ccc5sc6ccccc6c5c4)cc3)cc(-c3ccc(-n4c5ccccc5c5ccccc54)cc3)n2)cc1. The first kappa shape index (κ1) is 28.6. The van der Waals surface area contributed by atoms with Gasteiger partial charge in [-0.2, -0.15) is 0 Å². The van der Waals surface area contributed by atoms with Gasteiger partial charge in [0.15, 0.2) is 5.82 Å². The molecule has 0 amide bonds. The maximum Gasteiger partial charge on any atom is 0.160 e. The Morgan fingerprint density at radius 2 is 0.880 bits per heavy atom. The van der Waals surface area contributed by atoms with E-state index in [9.17, 15) is 0 Å². The predicted molar refractivity (Wildman–Crippen MR) is 211 cm³/mol. The summed E-state index contributed by atoms with van der Waals surface area (Å²) in [7, 11) is 0. The third kappa shape index (κ3) is 4.80. The number of rotatable bonds is 5. The molecular weight excluding hydrogens is 627 g/mol. The van der Waals surface area contributed by atoms with Crippen molar-refractivity contribution in [3.63, 3.8) is 0 Å². The van der Waals surface area contributed by atoms with Gasteiger partial charge >= 0.3 is 0 Å². The van der Waals surface area contributed by atoms with E-state index in [2.05, 4.69) is 162 Å². The fourth-order valence-electron chi connectivity index (χ4n) is 7.18. The second-order valence-corrected chi connectivity index (χ2v) is 13.7. The highest BCUT2D eigenvalue weighted by Gasteiger charge is 2.14. The van der Waals surface area contributed by atoms with Crippen LogP contribution in [0.25, 0.3) is 92.7 Å². The summed E-state index contributed by atoms with van der Waals surface area (Å²) in [5.74, 6) is 0.712. The average molecular weight is 656 g/mol. The summed E-state index contributed by atoms with van der Waals surface area (Å²) < 4.78 is 4.98. The molecule has 0 bridgehead atoms. The van der Waals surface area contributed by atoms with Crippen LogP contribution in [0.4, 0.5) is 0 Å². The molecule has 0 spiro atoms. The van der Waals surface area contributed by atoms with Crippen molar-refractivity contribution in [2.24, 2.45) is 0 Å². The Bertz CT molecular complexity index is 2790. The Morgan fingerprint density at radius 1 is 0.360 bits per heavy atom. The van der Waals surface area contributed by atoms with E-state index in [0.29, 0.717) is 5.82 Å². The number of benzene rings is 7. The van der Waals surface area contributed by atoms with E-state index >= 15 is 0 Å². The van der Waals surface area contributed by atoms with E-state index in [1.54, 1.807) is 0 Å². The zero-order valence-corrected chi connectivity index (χ0v) is 27.8. The van der Waals surface area contributed by atoms with Gasteiger partial charge in [-0.1, -0.05) is 127 Å². The van der Waals surface area contributed by atoms with Crippen molar-refractivity contribution in [1.82, 2.24) is 14.5 Å². The molecule has 0 aliphatic carbocycles. The number of para-hydroxylation sites is 2. The van der Waals surface area contributed by atoms with E-state index in [-0.39, 0.29) is 0 Å². The molecule has 0 saturated heterocycles. The Kier molecular flexibility index (Phi) is 6.68. The van der Waals surface area contributed by atoms with Crippen LogP contribution in [0.5, 0.6) is 0 Å². The van der Waals surface area contributed by atoms with Crippen molar-refractivity contribution in [2.75, 3.05) is 0 Å². The van der Waals surface area contributed by atoms with Crippen LogP contribution in [0, 0.1) is 0 Å². The Labute approximate surface area is 293 Å². The molecule has 10 aromatic rings. The van der Waals surface area contributed by atoms with E-state index < -0.39 is 0 Å². The molecule has 7 aromatic carbocycles. The number of nitrogens with zero attached hydrogens (tertiary/aromatic N) is 3. The largest absolute Gasteiger partial charge is 0.309 e. The minimum Gasteiger partial charge on any atom is -0.309 e. The molecule has 0 aliphatic rings. The summed E-state index contributed by atoms with van der Waals surface area (Å²) in [4.78, 5) is 10.2. The molecule has 10 rings (SSSR count). The van der Waals surface area contributed by atoms with Gasteiger partial charge in [-0.05, 0) is 59.7 Å². The van der Waals surface area contributed by atoms with E-state index in [1.165, 1.54) is 53.1 Å². The predicted octanol–water partition coefficient (Wildman–Crippen LogP) is 12.6. The monoisotopic (exact) mass is 655 g/mol. The van der Waals surface area contributed by atoms with Gasteiger partial charge in [-0.25, -0.2) is 9.97 Å². The summed E-state index contributed by atoms with van der Waals surface area (Å²) in [5.41, 5.74) is 10.8. The lowest BCUT2D eigenvalue weighted by atomic mass is 10.00. The topological polar surface area (TPSA) is 30.7 Å². The van der Waals surface area contributed by atoms with Crippen LogP contribution in [0.15, 0.2) is 176 Å². The Hall–Kier alpha value is -6.36. The van der Waals surface area contributed by atoms with Crippen molar-refractivity contribution < 1.29 is 0 Å². The standard InChI is InChI=1S/C46H29N3S/c1-2-10-33(11-3-1)46-47-40(31-20-18-30(19-21-31)34-24-27-45-39(28-34)38-14-6-9-17-44(38)50-45)29-41(48-46)32-22-25-35(26-23-32)49-42-15-7-4-12-36(42)37-13-5-8-16-43(37)49/h1-29H. The first-order valence-corrected chi connectivity index (χ1v) is 17.6. The van der Waals surface area contributed by atoms with Gasteiger partial charge in [0.2, 0.25) is 0 Å². The highest BCUT2D eigenvalue weighted by atomic mass is 32.1. The van der Waals surface area contributed by atoms with Gasteiger partial charge in [0.1, 0.15) is 0 Å². The Balaban J connectivity index is 1.04. The number of fused-ring (bicyclic) bond motifs is 6. The van der Waals surface area contributed by atoms with Gasteiger partial charge in [0, 0.05) is 53.3 Å². The minimum absolute atomic E-state index is 0.712. The second-order valence-electron chi connectivity index (χ2n) is 12.6. The van der Waals surface area contributed by atoms with Crippen LogP contribution >= 0.6 is 11.3 Å². The fraction of sp³-hybridized carbons (Fsp3) is 0. The summed E-state index contributed by atoms with van der Waals surface area (Å²) in [5, 5.41) is 5.14. The van der Waals surface area contributed by atoms with Crippen molar-refractivity contribution in [3.05, 3.63) is 176 Å². The van der Waals surface area contributed by atoms with Crippen molar-refractivity contribution >= 4 is 53.3 Å². The third-order valence-electron chi connectivity index (χ3n) is 9.65. The number of thiophene rings is 1. The average Bonchev–Trinajstić information content (AvgIpc) is 3.74. The molecule has 3 nitrogen and oxygen atoms in total. The van der Waals surface area contributed by atoms with Crippen LogP contribution in [0.1, 0.15) is 0 Å². The molecule has 234 valence electrons. The van der Waals surface area contributed by atoms with Gasteiger partial charge in [0.05, 0.1) is 22.4 Å². The zero-order chi connectivity index (χ0) is 33.0. The third-order valence-corrected chi connectivity index (χ3v) is 10.8. The lowest BCUT2D eigenvalue weighted by Crippen LogP contribution is -1.97. The van der Waals surface area contributed by atoms with Gasteiger partial charge in [0.25, 0.3) is 0 Å². The quantitative estimate of drug-likeness (QED) is 0.185. The van der Waals surface area contributed by atoms with Gasteiger partial charge in [-0.15, -0.1) is 11.3 Å². The van der Waals surface area contributed by atoms with Gasteiger partial charge in [-0.3, -0.25) is 0 Å². The van der Waals surface area contributed by atoms with E-state index in [4.69, 9.17) is 9.97 Å². The van der Waals surface area contributed by atoms with Crippen LogP contribution < -0.4 is 0 Å². The smallest absolute Gasteiger partial charge is 0.160 e. The summed E-state index contributed by atoms with van der Waals surface area (Å²) in [6.45, 7) is 0. The number of hydrogen-bond donors (Lipinski definition) is 0. The van der Waals surface area contributed by atoms with Crippen LogP contribution in [0.3, 0.4) is 0 Å². The molecule has 50 heavy (non-hydrogen) atoms. The molecular formula is C46H29N3S. The summed E-state index contributed by atoms with van der Waals surface area (Å²) in [6, 6.07) is 62.5. The zero-order valence-electron chi connectivity index (χ0n) is 27.0. The molecule has 3 heterocycles. The molecule has 0 radical (unpaired) electrons. The highest BCUT2D eigenvalue weighted by molar-refractivity contribution is 7.25. The molecule has 3 aromatic heterocycles. The van der Waals surface area contributed by atoms with Crippen molar-refractivity contribution in [3.8, 4) is 50.7 Å². The van der Waals surface area contributed by atoms with Gasteiger partial charge < -0.3 is 4.57 Å². The normalized spacial score (nSPS) is 11.6. The summed E-state index contributed by atoms with van der Waals surface area (Å²) in [6.07, 6.45) is 0. The van der Waals surface area contributed by atoms with Crippen LogP contribution in [-0.2, 0) is 0 Å². The van der Waals surface area contributed by atoms with E-state index in [1.807, 2.05) is 29.5 Å². The molecule has 0 N–H and O–H groups in total. The molecule has 0 fully saturated rings. The molecule has 0 saturated carbocycles. The molecule has 0 unspecified atom stereocenters. The minimum atomic E-state index is 0.712. The summed E-state index contributed by atoms with van der Waals surface area (Å²) >= 11 is 1.85. The maximum absolute atomic E-state index is 5.09. The molecule has 4 heteroatoms.